The number of piperidine rings is 1. The highest BCUT2D eigenvalue weighted by atomic mass is 79.9. The number of rotatable bonds is 2. The summed E-state index contributed by atoms with van der Waals surface area (Å²) in [6.07, 6.45) is 1.45. The maximum Gasteiger partial charge on any atom is 0.0511 e. The lowest BCUT2D eigenvalue weighted by Crippen LogP contribution is -2.22. The molecule has 0 spiro atoms. The second-order valence-electron chi connectivity index (χ2n) is 4.58. The fraction of sp³-hybridized carbons (Fsp3) is 0.500. The summed E-state index contributed by atoms with van der Waals surface area (Å²) in [6.45, 7) is 2.48. The van der Waals surface area contributed by atoms with E-state index in [2.05, 4.69) is 39.0 Å². The quantitative estimate of drug-likeness (QED) is 0.750. The molecule has 1 saturated carbocycles. The van der Waals surface area contributed by atoms with Crippen molar-refractivity contribution in [1.82, 2.24) is 0 Å². The van der Waals surface area contributed by atoms with Crippen LogP contribution in [0.25, 0.3) is 0 Å². The maximum absolute atomic E-state index is 5.81. The molecule has 0 N–H and O–H groups in total. The highest BCUT2D eigenvalue weighted by Crippen LogP contribution is 2.47. The van der Waals surface area contributed by atoms with E-state index in [4.69, 9.17) is 11.6 Å². The van der Waals surface area contributed by atoms with Crippen molar-refractivity contribution in [3.8, 4) is 0 Å². The highest BCUT2D eigenvalue weighted by molar-refractivity contribution is 9.10. The Balaban J connectivity index is 1.85. The number of hydrogen-bond donors (Lipinski definition) is 0. The summed E-state index contributed by atoms with van der Waals surface area (Å²) >= 11 is 9.44. The van der Waals surface area contributed by atoms with Crippen LogP contribution in [0.4, 0.5) is 5.69 Å². The van der Waals surface area contributed by atoms with Gasteiger partial charge in [0.25, 0.3) is 0 Å². The van der Waals surface area contributed by atoms with E-state index in [1.165, 1.54) is 35.2 Å². The molecule has 2 fully saturated rings. The van der Waals surface area contributed by atoms with E-state index in [1.54, 1.807) is 0 Å². The molecule has 3 rings (SSSR count). The third kappa shape index (κ3) is 1.78. The van der Waals surface area contributed by atoms with Gasteiger partial charge in [-0.2, -0.15) is 0 Å². The maximum atomic E-state index is 5.81. The standard InChI is InChI=1S/C12H13BrClN/c13-11-3-8(5-14)1-2-12(11)15-6-9-4-10(9)7-15/h1-3,9-10H,4-7H2. The van der Waals surface area contributed by atoms with Gasteiger partial charge in [-0.25, -0.2) is 0 Å². The van der Waals surface area contributed by atoms with Crippen molar-refractivity contribution >= 4 is 33.2 Å². The second kappa shape index (κ2) is 3.67. The van der Waals surface area contributed by atoms with Gasteiger partial charge in [-0.15, -0.1) is 11.6 Å². The molecule has 0 aromatic heterocycles. The second-order valence-corrected chi connectivity index (χ2v) is 5.70. The first-order chi connectivity index (χ1) is 7.28. The minimum atomic E-state index is 0.587. The summed E-state index contributed by atoms with van der Waals surface area (Å²) in [7, 11) is 0. The van der Waals surface area contributed by atoms with Gasteiger partial charge in [0, 0.05) is 23.4 Å². The van der Waals surface area contributed by atoms with Gasteiger partial charge >= 0.3 is 0 Å². The lowest BCUT2D eigenvalue weighted by atomic mass is 10.2. The Kier molecular flexibility index (Phi) is 2.44. The molecule has 3 heteroatoms. The SMILES string of the molecule is ClCc1ccc(N2CC3CC3C2)c(Br)c1. The molecule has 0 radical (unpaired) electrons. The number of hydrogen-bond acceptors (Lipinski definition) is 1. The molecule has 1 aromatic rings. The van der Waals surface area contributed by atoms with Crippen molar-refractivity contribution < 1.29 is 0 Å². The lowest BCUT2D eigenvalue weighted by Gasteiger charge is -2.22. The van der Waals surface area contributed by atoms with Crippen molar-refractivity contribution in [2.24, 2.45) is 11.8 Å². The molecule has 1 aliphatic carbocycles. The van der Waals surface area contributed by atoms with Crippen LogP contribution in [0.5, 0.6) is 0 Å². The molecule has 80 valence electrons. The van der Waals surface area contributed by atoms with Crippen LogP contribution in [0.2, 0.25) is 0 Å². The van der Waals surface area contributed by atoms with Gasteiger partial charge in [-0.3, -0.25) is 0 Å². The molecule has 0 bridgehead atoms. The van der Waals surface area contributed by atoms with Gasteiger partial charge in [0.2, 0.25) is 0 Å². The summed E-state index contributed by atoms with van der Waals surface area (Å²) in [5.41, 5.74) is 2.51. The molecule has 1 aromatic carbocycles. The van der Waals surface area contributed by atoms with Gasteiger partial charge in [0.05, 0.1) is 5.69 Å². The van der Waals surface area contributed by atoms with Crippen molar-refractivity contribution in [2.75, 3.05) is 18.0 Å². The van der Waals surface area contributed by atoms with Crippen LogP contribution >= 0.6 is 27.5 Å². The van der Waals surface area contributed by atoms with Gasteiger partial charge in [-0.1, -0.05) is 6.07 Å². The van der Waals surface area contributed by atoms with E-state index in [-0.39, 0.29) is 0 Å². The predicted octanol–water partition coefficient (Wildman–Crippen LogP) is 3.64. The average molecular weight is 287 g/mol. The van der Waals surface area contributed by atoms with Crippen LogP contribution in [-0.4, -0.2) is 13.1 Å². The van der Waals surface area contributed by atoms with E-state index in [9.17, 15) is 0 Å². The number of nitrogens with zero attached hydrogens (tertiary/aromatic N) is 1. The molecule has 2 aliphatic rings. The lowest BCUT2D eigenvalue weighted by molar-refractivity contribution is 0.818. The van der Waals surface area contributed by atoms with Gasteiger partial charge in [0.15, 0.2) is 0 Å². The first-order valence-electron chi connectivity index (χ1n) is 5.37. The Bertz CT molecular complexity index is 383. The zero-order chi connectivity index (χ0) is 10.4. The normalized spacial score (nSPS) is 28.0. The van der Waals surface area contributed by atoms with Crippen LogP contribution in [-0.2, 0) is 5.88 Å². The van der Waals surface area contributed by atoms with Crippen LogP contribution in [0.3, 0.4) is 0 Å². The van der Waals surface area contributed by atoms with Crippen LogP contribution < -0.4 is 4.90 Å². The molecule has 1 heterocycles. The number of halogens is 2. The third-order valence-electron chi connectivity index (χ3n) is 3.49. The summed E-state index contributed by atoms with van der Waals surface area (Å²) in [6, 6.07) is 6.44. The van der Waals surface area contributed by atoms with Gasteiger partial charge < -0.3 is 4.90 Å². The monoisotopic (exact) mass is 285 g/mol. The molecule has 2 unspecified atom stereocenters. The minimum absolute atomic E-state index is 0.587. The number of alkyl halides is 1. The Hall–Kier alpha value is -0.210. The Morgan fingerprint density at radius 2 is 2.07 bits per heavy atom. The largest absolute Gasteiger partial charge is 0.370 e. The van der Waals surface area contributed by atoms with Crippen molar-refractivity contribution in [3.63, 3.8) is 0 Å². The molecular weight excluding hydrogens is 273 g/mol. The van der Waals surface area contributed by atoms with E-state index in [0.29, 0.717) is 5.88 Å². The van der Waals surface area contributed by atoms with Crippen molar-refractivity contribution in [1.29, 1.82) is 0 Å². The molecule has 1 nitrogen and oxygen atoms in total. The fourth-order valence-corrected chi connectivity index (χ4v) is 3.33. The van der Waals surface area contributed by atoms with Crippen LogP contribution in [0.15, 0.2) is 22.7 Å². The topological polar surface area (TPSA) is 3.24 Å². The summed E-state index contributed by atoms with van der Waals surface area (Å²) in [5, 5.41) is 0. The number of benzene rings is 1. The summed E-state index contributed by atoms with van der Waals surface area (Å²) < 4.78 is 1.18. The summed E-state index contributed by atoms with van der Waals surface area (Å²) in [4.78, 5) is 2.49. The first kappa shape index (κ1) is 9.98. The van der Waals surface area contributed by atoms with Gasteiger partial charge in [-0.05, 0) is 51.9 Å². The van der Waals surface area contributed by atoms with E-state index < -0.39 is 0 Å². The molecule has 15 heavy (non-hydrogen) atoms. The number of fused-ring (bicyclic) bond motifs is 1. The molecule has 0 amide bonds. The Morgan fingerprint density at radius 1 is 1.33 bits per heavy atom. The zero-order valence-corrected chi connectivity index (χ0v) is 10.8. The fourth-order valence-electron chi connectivity index (χ4n) is 2.48. The average Bonchev–Trinajstić information content (AvgIpc) is 2.85. The summed E-state index contributed by atoms with van der Waals surface area (Å²) in [5.74, 6) is 2.54. The van der Waals surface area contributed by atoms with Crippen molar-refractivity contribution in [3.05, 3.63) is 28.2 Å². The first-order valence-corrected chi connectivity index (χ1v) is 6.70. The van der Waals surface area contributed by atoms with E-state index >= 15 is 0 Å². The molecular formula is C12H13BrClN. The number of anilines is 1. The van der Waals surface area contributed by atoms with Crippen molar-refractivity contribution in [2.45, 2.75) is 12.3 Å². The minimum Gasteiger partial charge on any atom is -0.370 e. The molecule has 2 atom stereocenters. The Morgan fingerprint density at radius 3 is 2.67 bits per heavy atom. The highest BCUT2D eigenvalue weighted by Gasteiger charge is 2.45. The van der Waals surface area contributed by atoms with E-state index in [0.717, 1.165) is 11.8 Å². The molecule has 1 aliphatic heterocycles. The zero-order valence-electron chi connectivity index (χ0n) is 8.42. The smallest absolute Gasteiger partial charge is 0.0511 e. The van der Waals surface area contributed by atoms with E-state index in [1.807, 2.05) is 0 Å². The molecule has 1 saturated heterocycles. The van der Waals surface area contributed by atoms with Crippen LogP contribution in [0, 0.1) is 11.8 Å². The third-order valence-corrected chi connectivity index (χ3v) is 4.43. The van der Waals surface area contributed by atoms with Crippen LogP contribution in [0.1, 0.15) is 12.0 Å². The van der Waals surface area contributed by atoms with Gasteiger partial charge in [0.1, 0.15) is 0 Å². The Labute approximate surface area is 104 Å². The predicted molar refractivity (Wildman–Crippen MR) is 67.5 cm³/mol.